The molecule has 0 aliphatic carbocycles. The number of methoxy groups -OCH3 is 2. The van der Waals surface area contributed by atoms with Crippen molar-refractivity contribution in [2.75, 3.05) is 19.5 Å². The lowest BCUT2D eigenvalue weighted by Crippen LogP contribution is -2.54. The van der Waals surface area contributed by atoms with Gasteiger partial charge < -0.3 is 50.3 Å². The average Bonchev–Trinajstić information content (AvgIpc) is 3.41. The average molecular weight is 707 g/mol. The first-order valence-electron chi connectivity index (χ1n) is 15.6. The highest BCUT2D eigenvalue weighted by Gasteiger charge is 2.53. The first-order valence-corrected chi connectivity index (χ1v) is 15.6. The number of benzene rings is 2. The van der Waals surface area contributed by atoms with E-state index in [9.17, 15) is 34.2 Å². The third-order valence-corrected chi connectivity index (χ3v) is 8.43. The maximum absolute atomic E-state index is 13.5. The molecule has 3 aliphatic heterocycles. The Kier molecular flexibility index (Phi) is 10.2. The van der Waals surface area contributed by atoms with Gasteiger partial charge in [-0.3, -0.25) is 28.7 Å². The highest BCUT2D eigenvalue weighted by molar-refractivity contribution is 6.20. The summed E-state index contributed by atoms with van der Waals surface area (Å²) in [6.45, 7) is 0. The maximum Gasteiger partial charge on any atom is 0.330 e. The number of nitrogens with one attached hydrogen (secondary N) is 3. The Labute approximate surface area is 288 Å². The summed E-state index contributed by atoms with van der Waals surface area (Å²) in [5.41, 5.74) is 6.34. The van der Waals surface area contributed by atoms with Gasteiger partial charge in [0.25, 0.3) is 17.4 Å². The number of aromatic nitrogens is 2. The smallest absolute Gasteiger partial charge is 0.330 e. The van der Waals surface area contributed by atoms with E-state index in [0.717, 1.165) is 22.9 Å². The summed E-state index contributed by atoms with van der Waals surface area (Å²) in [6, 6.07) is 17.1. The van der Waals surface area contributed by atoms with Crippen LogP contribution in [-0.4, -0.2) is 106 Å². The van der Waals surface area contributed by atoms with E-state index in [2.05, 4.69) is 20.6 Å². The summed E-state index contributed by atoms with van der Waals surface area (Å²) in [4.78, 5) is 70.5. The first-order chi connectivity index (χ1) is 24.5. The number of aromatic amines is 1. The summed E-state index contributed by atoms with van der Waals surface area (Å²) in [5, 5.41) is 26.7. The summed E-state index contributed by atoms with van der Waals surface area (Å²) in [6.07, 6.45) is -11.5. The number of nitrogens with zero attached hydrogens (tertiary/aromatic N) is 2. The number of benzodiazepines with no additional fused rings is 1. The van der Waals surface area contributed by atoms with E-state index in [4.69, 9.17) is 29.4 Å². The van der Waals surface area contributed by atoms with Crippen LogP contribution in [0.15, 0.2) is 93.3 Å². The van der Waals surface area contributed by atoms with Crippen molar-refractivity contribution in [3.63, 3.8) is 0 Å². The van der Waals surface area contributed by atoms with Crippen molar-refractivity contribution in [2.24, 2.45) is 10.7 Å². The summed E-state index contributed by atoms with van der Waals surface area (Å²) >= 11 is 0. The molecule has 1 aromatic heterocycles. The third-order valence-electron chi connectivity index (χ3n) is 8.43. The van der Waals surface area contributed by atoms with Gasteiger partial charge in [0.15, 0.2) is 18.1 Å². The number of hydrogen-bond donors (Lipinski definition) is 6. The number of carbonyl (C=O) groups is 3. The minimum atomic E-state index is -1.89. The standard InChI is InChI=1S/C33H34N6O12/c1-47-23-24(50-31(26(23)48-2)39-13-12-20(41)36-33(39)46)25(27(34)43)51-32-22(42)18(40)14-19(49-32)29(44)38-28-30(45)35-17-11-7-6-10-16(17)21(37-28)15-8-4-3-5-9-15/h3-14,18,22-26,28,31-32,40,42H,1-2H3,(H2,34,43)(H,35,45)(H,38,44)(H,36,41,46). The van der Waals surface area contributed by atoms with Gasteiger partial charge in [-0.15, -0.1) is 0 Å². The lowest BCUT2D eigenvalue weighted by Gasteiger charge is -2.35. The number of para-hydroxylation sites is 1. The van der Waals surface area contributed by atoms with Crippen LogP contribution in [0.3, 0.4) is 0 Å². The zero-order valence-corrected chi connectivity index (χ0v) is 27.1. The Bertz CT molecular complexity index is 1980. The maximum atomic E-state index is 13.5. The van der Waals surface area contributed by atoms with Crippen molar-refractivity contribution in [1.29, 1.82) is 0 Å². The van der Waals surface area contributed by atoms with E-state index >= 15 is 0 Å². The van der Waals surface area contributed by atoms with E-state index in [0.29, 0.717) is 22.5 Å². The fourth-order valence-electron chi connectivity index (χ4n) is 5.99. The van der Waals surface area contributed by atoms with Gasteiger partial charge in [-0.1, -0.05) is 48.5 Å². The first kappa shape index (κ1) is 35.3. The zero-order chi connectivity index (χ0) is 36.4. The topological polar surface area (TPSA) is 255 Å². The molecule has 51 heavy (non-hydrogen) atoms. The van der Waals surface area contributed by atoms with Gasteiger partial charge in [0, 0.05) is 37.6 Å². The third kappa shape index (κ3) is 7.09. The number of aliphatic hydroxyl groups excluding tert-OH is 2. The lowest BCUT2D eigenvalue weighted by molar-refractivity contribution is -0.241. The molecule has 2 aromatic carbocycles. The van der Waals surface area contributed by atoms with Crippen LogP contribution in [0.4, 0.5) is 5.69 Å². The number of primary amides is 1. The quantitative estimate of drug-likeness (QED) is 0.137. The van der Waals surface area contributed by atoms with Gasteiger partial charge in [-0.2, -0.15) is 0 Å². The Morgan fingerprint density at radius 1 is 1.00 bits per heavy atom. The van der Waals surface area contributed by atoms with Gasteiger partial charge in [0.2, 0.25) is 18.4 Å². The molecule has 18 heteroatoms. The summed E-state index contributed by atoms with van der Waals surface area (Å²) in [5.74, 6) is -3.39. The second kappa shape index (κ2) is 14.8. The SMILES string of the molecule is COC1C(C(OC2OC(C(=O)NC3N=C(c4ccccc4)c4ccccc4NC3=O)=CC(O)C2O)C(N)=O)OC(n2ccc(=O)[nH]c2=O)C1OC. The fraction of sp³-hybridized carbons (Fsp3) is 0.333. The van der Waals surface area contributed by atoms with Crippen LogP contribution in [0.5, 0.6) is 0 Å². The van der Waals surface area contributed by atoms with E-state index in [1.54, 1.807) is 48.5 Å². The van der Waals surface area contributed by atoms with Crippen molar-refractivity contribution < 1.29 is 48.3 Å². The Hall–Kier alpha value is -5.50. The predicted octanol–water partition coefficient (Wildman–Crippen LogP) is -1.77. The normalized spacial score (nSPS) is 27.9. The molecule has 6 rings (SSSR count). The molecule has 0 radical (unpaired) electrons. The van der Waals surface area contributed by atoms with E-state index in [-0.39, 0.29) is 0 Å². The molecular formula is C33H34N6O12. The molecule has 9 atom stereocenters. The number of hydrogen-bond acceptors (Lipinski definition) is 13. The van der Waals surface area contributed by atoms with Gasteiger partial charge in [0.05, 0.1) is 11.4 Å². The van der Waals surface area contributed by atoms with Crippen LogP contribution in [0.1, 0.15) is 17.4 Å². The number of anilines is 1. The van der Waals surface area contributed by atoms with Crippen LogP contribution in [0, 0.1) is 0 Å². The Balaban J connectivity index is 1.23. The van der Waals surface area contributed by atoms with Gasteiger partial charge in [-0.25, -0.2) is 9.79 Å². The molecule has 3 amide bonds. The molecule has 1 saturated heterocycles. The summed E-state index contributed by atoms with van der Waals surface area (Å²) < 4.78 is 29.4. The number of aliphatic imine (C=N–C) groups is 1. The molecule has 18 nitrogen and oxygen atoms in total. The number of ether oxygens (including phenoxy) is 5. The van der Waals surface area contributed by atoms with Crippen LogP contribution >= 0.6 is 0 Å². The molecule has 268 valence electrons. The molecule has 3 aromatic rings. The molecule has 9 unspecified atom stereocenters. The molecule has 0 saturated carbocycles. The van der Waals surface area contributed by atoms with Crippen LogP contribution in [-0.2, 0) is 38.1 Å². The highest BCUT2D eigenvalue weighted by atomic mass is 16.7. The second-order valence-electron chi connectivity index (χ2n) is 11.6. The second-order valence-corrected chi connectivity index (χ2v) is 11.6. The monoisotopic (exact) mass is 706 g/mol. The predicted molar refractivity (Wildman–Crippen MR) is 175 cm³/mol. The number of aliphatic hydroxyl groups is 2. The van der Waals surface area contributed by atoms with Crippen molar-refractivity contribution >= 4 is 29.1 Å². The summed E-state index contributed by atoms with van der Waals surface area (Å²) in [7, 11) is 2.57. The molecule has 0 spiro atoms. The largest absolute Gasteiger partial charge is 0.456 e. The fourth-order valence-corrected chi connectivity index (χ4v) is 5.99. The van der Waals surface area contributed by atoms with Crippen LogP contribution < -0.4 is 27.6 Å². The van der Waals surface area contributed by atoms with Gasteiger partial charge >= 0.3 is 5.69 Å². The van der Waals surface area contributed by atoms with Gasteiger partial charge in [0.1, 0.15) is 30.5 Å². The van der Waals surface area contributed by atoms with Crippen LogP contribution in [0.25, 0.3) is 0 Å². The molecule has 1 fully saturated rings. The molecular weight excluding hydrogens is 672 g/mol. The molecule has 3 aliphatic rings. The van der Waals surface area contributed by atoms with Crippen LogP contribution in [0.2, 0.25) is 0 Å². The highest BCUT2D eigenvalue weighted by Crippen LogP contribution is 2.36. The molecule has 7 N–H and O–H groups in total. The van der Waals surface area contributed by atoms with Crippen molar-refractivity contribution in [2.45, 2.75) is 55.3 Å². The van der Waals surface area contributed by atoms with E-state index in [1.807, 2.05) is 6.07 Å². The number of nitrogens with two attached hydrogens (primary N) is 1. The molecule has 0 bridgehead atoms. The number of fused-ring (bicyclic) bond motifs is 1. The number of amides is 3. The molecule has 4 heterocycles. The number of H-pyrrole nitrogens is 1. The zero-order valence-electron chi connectivity index (χ0n) is 27.1. The Morgan fingerprint density at radius 2 is 1.71 bits per heavy atom. The van der Waals surface area contributed by atoms with Gasteiger partial charge in [-0.05, 0) is 12.1 Å². The van der Waals surface area contributed by atoms with Crippen molar-refractivity contribution in [3.05, 3.63) is 111 Å². The Morgan fingerprint density at radius 3 is 2.39 bits per heavy atom. The van der Waals surface area contributed by atoms with Crippen molar-refractivity contribution in [1.82, 2.24) is 14.9 Å². The number of rotatable bonds is 10. The van der Waals surface area contributed by atoms with E-state index < -0.39 is 90.0 Å². The number of carbonyl (C=O) groups excluding carboxylic acids is 3. The minimum absolute atomic E-state index is 0.412. The van der Waals surface area contributed by atoms with Crippen molar-refractivity contribution in [3.8, 4) is 0 Å². The minimum Gasteiger partial charge on any atom is -0.456 e. The lowest BCUT2D eigenvalue weighted by atomic mass is 10.0. The van der Waals surface area contributed by atoms with E-state index in [1.165, 1.54) is 14.2 Å².